The summed E-state index contributed by atoms with van der Waals surface area (Å²) in [4.78, 5) is 12.7. The highest BCUT2D eigenvalue weighted by Gasteiger charge is 2.51. The van der Waals surface area contributed by atoms with Gasteiger partial charge in [0.05, 0.1) is 5.25 Å². The molecule has 5 rings (SSSR count). The zero-order chi connectivity index (χ0) is 14.4. The van der Waals surface area contributed by atoms with Gasteiger partial charge in [-0.25, -0.2) is 0 Å². The summed E-state index contributed by atoms with van der Waals surface area (Å²) in [7, 11) is 0. The van der Waals surface area contributed by atoms with Crippen molar-refractivity contribution in [2.45, 2.75) is 87.2 Å². The second-order valence-electron chi connectivity index (χ2n) is 8.37. The zero-order valence-electron chi connectivity index (χ0n) is 13.3. The molecule has 118 valence electrons. The molecule has 0 unspecified atom stereocenters. The van der Waals surface area contributed by atoms with Crippen molar-refractivity contribution in [3.05, 3.63) is 0 Å². The van der Waals surface area contributed by atoms with Crippen LogP contribution in [0.3, 0.4) is 0 Å². The molecule has 3 heteroatoms. The van der Waals surface area contributed by atoms with Crippen LogP contribution in [0.5, 0.6) is 0 Å². The lowest BCUT2D eigenvalue weighted by atomic mass is 9.53. The van der Waals surface area contributed by atoms with Gasteiger partial charge in [0.25, 0.3) is 0 Å². The SMILES string of the molecule is C[C@H](SC1CCCC1)C(=O)NC12CC3CC(CC(C3)C1)C2. The summed E-state index contributed by atoms with van der Waals surface area (Å²) in [5.74, 6) is 3.06. The summed E-state index contributed by atoms with van der Waals surface area (Å²) < 4.78 is 0. The molecule has 1 amide bonds. The van der Waals surface area contributed by atoms with E-state index in [1.165, 1.54) is 64.2 Å². The molecule has 4 bridgehead atoms. The molecular weight excluding hydrogens is 278 g/mol. The van der Waals surface area contributed by atoms with E-state index in [2.05, 4.69) is 12.2 Å². The molecule has 5 saturated carbocycles. The summed E-state index contributed by atoms with van der Waals surface area (Å²) in [6.07, 6.45) is 13.5. The number of hydrogen-bond donors (Lipinski definition) is 1. The number of rotatable bonds is 4. The van der Waals surface area contributed by atoms with Gasteiger partial charge in [0.2, 0.25) is 5.91 Å². The summed E-state index contributed by atoms with van der Waals surface area (Å²) >= 11 is 1.93. The average Bonchev–Trinajstić information content (AvgIpc) is 2.89. The summed E-state index contributed by atoms with van der Waals surface area (Å²) in [5, 5.41) is 4.42. The predicted octanol–water partition coefficient (Wildman–Crippen LogP) is 4.14. The smallest absolute Gasteiger partial charge is 0.233 e. The number of hydrogen-bond acceptors (Lipinski definition) is 2. The molecule has 5 fully saturated rings. The van der Waals surface area contributed by atoms with Gasteiger partial charge in [-0.2, -0.15) is 0 Å². The Hall–Kier alpha value is -0.180. The molecule has 0 aromatic rings. The molecule has 0 radical (unpaired) electrons. The average molecular weight is 308 g/mol. The van der Waals surface area contributed by atoms with Crippen LogP contribution in [0.4, 0.5) is 0 Å². The van der Waals surface area contributed by atoms with Crippen LogP contribution in [0.25, 0.3) is 0 Å². The van der Waals surface area contributed by atoms with Crippen molar-refractivity contribution in [1.29, 1.82) is 0 Å². The first kappa shape index (κ1) is 14.4. The summed E-state index contributed by atoms with van der Waals surface area (Å²) in [5.41, 5.74) is 0.191. The van der Waals surface area contributed by atoms with Gasteiger partial charge in [-0.05, 0) is 76.0 Å². The van der Waals surface area contributed by atoms with E-state index in [9.17, 15) is 4.79 Å². The van der Waals surface area contributed by atoms with Crippen molar-refractivity contribution in [3.8, 4) is 0 Å². The van der Waals surface area contributed by atoms with E-state index in [4.69, 9.17) is 0 Å². The van der Waals surface area contributed by atoms with Crippen LogP contribution in [-0.2, 0) is 4.79 Å². The maximum absolute atomic E-state index is 12.7. The molecule has 0 heterocycles. The molecule has 0 aliphatic heterocycles. The normalized spacial score (nSPS) is 43.2. The Morgan fingerprint density at radius 3 is 2.10 bits per heavy atom. The molecular formula is C18H29NOS. The fourth-order valence-electron chi connectivity index (χ4n) is 6.00. The van der Waals surface area contributed by atoms with Crippen LogP contribution < -0.4 is 5.32 Å². The molecule has 2 nitrogen and oxygen atoms in total. The number of thioether (sulfide) groups is 1. The summed E-state index contributed by atoms with van der Waals surface area (Å²) in [6, 6.07) is 0. The molecule has 0 aromatic carbocycles. The molecule has 5 aliphatic rings. The number of nitrogens with one attached hydrogen (secondary N) is 1. The van der Waals surface area contributed by atoms with Crippen molar-refractivity contribution in [2.75, 3.05) is 0 Å². The third-order valence-corrected chi connectivity index (χ3v) is 7.97. The third kappa shape index (κ3) is 2.87. The second-order valence-corrected chi connectivity index (χ2v) is 10.0. The lowest BCUT2D eigenvalue weighted by molar-refractivity contribution is -0.126. The minimum absolute atomic E-state index is 0.140. The lowest BCUT2D eigenvalue weighted by Crippen LogP contribution is -2.60. The Kier molecular flexibility index (Phi) is 3.76. The maximum Gasteiger partial charge on any atom is 0.233 e. The van der Waals surface area contributed by atoms with Gasteiger partial charge in [-0.1, -0.05) is 12.8 Å². The quantitative estimate of drug-likeness (QED) is 0.846. The maximum atomic E-state index is 12.7. The van der Waals surface area contributed by atoms with E-state index in [-0.39, 0.29) is 10.8 Å². The van der Waals surface area contributed by atoms with Gasteiger partial charge in [0.1, 0.15) is 0 Å². The van der Waals surface area contributed by atoms with Crippen LogP contribution in [0.15, 0.2) is 0 Å². The van der Waals surface area contributed by atoms with Crippen molar-refractivity contribution in [3.63, 3.8) is 0 Å². The van der Waals surface area contributed by atoms with Gasteiger partial charge in [-0.15, -0.1) is 11.8 Å². The van der Waals surface area contributed by atoms with Gasteiger partial charge in [0, 0.05) is 10.8 Å². The highest BCUT2D eigenvalue weighted by Crippen LogP contribution is 2.55. The van der Waals surface area contributed by atoms with Gasteiger partial charge in [-0.3, -0.25) is 4.79 Å². The fraction of sp³-hybridized carbons (Fsp3) is 0.944. The number of carbonyl (C=O) groups excluding carboxylic acids is 1. The highest BCUT2D eigenvalue weighted by atomic mass is 32.2. The highest BCUT2D eigenvalue weighted by molar-refractivity contribution is 8.01. The van der Waals surface area contributed by atoms with E-state index >= 15 is 0 Å². The molecule has 0 spiro atoms. The topological polar surface area (TPSA) is 29.1 Å². The minimum atomic E-state index is 0.140. The van der Waals surface area contributed by atoms with Gasteiger partial charge in [0.15, 0.2) is 0 Å². The van der Waals surface area contributed by atoms with Crippen LogP contribution in [0, 0.1) is 17.8 Å². The van der Waals surface area contributed by atoms with Crippen LogP contribution in [0.1, 0.15) is 71.1 Å². The van der Waals surface area contributed by atoms with E-state index in [1.54, 1.807) is 0 Å². The van der Waals surface area contributed by atoms with Crippen molar-refractivity contribution in [2.24, 2.45) is 17.8 Å². The van der Waals surface area contributed by atoms with E-state index in [0.717, 1.165) is 23.0 Å². The molecule has 21 heavy (non-hydrogen) atoms. The molecule has 5 aliphatic carbocycles. The van der Waals surface area contributed by atoms with Crippen molar-refractivity contribution < 1.29 is 4.79 Å². The number of amides is 1. The number of carbonyl (C=O) groups is 1. The van der Waals surface area contributed by atoms with Crippen molar-refractivity contribution in [1.82, 2.24) is 5.32 Å². The zero-order valence-corrected chi connectivity index (χ0v) is 14.1. The first-order chi connectivity index (χ1) is 10.1. The minimum Gasteiger partial charge on any atom is -0.350 e. The molecule has 1 N–H and O–H groups in total. The Bertz CT molecular complexity index is 380. The Labute approximate surface area is 133 Å². The van der Waals surface area contributed by atoms with Crippen molar-refractivity contribution >= 4 is 17.7 Å². The van der Waals surface area contributed by atoms with E-state index < -0.39 is 0 Å². The standard InChI is InChI=1S/C18H29NOS/c1-12(21-16-4-2-3-5-16)17(20)19-18-9-13-6-14(10-18)8-15(7-13)11-18/h12-16H,2-11H2,1H3,(H,19,20)/t12-,13?,14?,15?,18?/m0/s1. The first-order valence-electron chi connectivity index (χ1n) is 9.09. The predicted molar refractivity (Wildman–Crippen MR) is 88.4 cm³/mol. The molecule has 1 atom stereocenters. The van der Waals surface area contributed by atoms with Crippen LogP contribution >= 0.6 is 11.8 Å². The first-order valence-corrected chi connectivity index (χ1v) is 10.0. The van der Waals surface area contributed by atoms with Crippen LogP contribution in [-0.4, -0.2) is 21.9 Å². The van der Waals surface area contributed by atoms with Gasteiger partial charge >= 0.3 is 0 Å². The van der Waals surface area contributed by atoms with Gasteiger partial charge < -0.3 is 5.32 Å². The largest absolute Gasteiger partial charge is 0.350 e. The Morgan fingerprint density at radius 1 is 1.05 bits per heavy atom. The lowest BCUT2D eigenvalue weighted by Gasteiger charge is -2.57. The Morgan fingerprint density at radius 2 is 1.57 bits per heavy atom. The molecule has 0 saturated heterocycles. The summed E-state index contributed by atoms with van der Waals surface area (Å²) in [6.45, 7) is 2.12. The fourth-order valence-corrected chi connectivity index (χ4v) is 7.37. The molecule has 0 aromatic heterocycles. The third-order valence-electron chi connectivity index (χ3n) is 6.49. The van der Waals surface area contributed by atoms with E-state index in [0.29, 0.717) is 5.91 Å². The Balaban J connectivity index is 1.37. The van der Waals surface area contributed by atoms with E-state index in [1.807, 2.05) is 11.8 Å². The second kappa shape index (κ2) is 5.47. The van der Waals surface area contributed by atoms with Crippen LogP contribution in [0.2, 0.25) is 0 Å². The monoisotopic (exact) mass is 307 g/mol.